The van der Waals surface area contributed by atoms with Crippen molar-refractivity contribution < 1.29 is 9.53 Å². The Kier molecular flexibility index (Phi) is 7.57. The molecule has 1 aliphatic heterocycles. The van der Waals surface area contributed by atoms with Crippen LogP contribution >= 0.6 is 11.8 Å². The number of methoxy groups -OCH3 is 1. The maximum atomic E-state index is 12.9. The maximum Gasteiger partial charge on any atom is 0.251 e. The number of nitrogens with one attached hydrogen (secondary N) is 1. The summed E-state index contributed by atoms with van der Waals surface area (Å²) in [5.41, 5.74) is 5.04. The number of piperazine rings is 1. The maximum absolute atomic E-state index is 12.9. The Hall–Kier alpha value is -3.26. The van der Waals surface area contributed by atoms with Crippen molar-refractivity contribution in [3.05, 3.63) is 81.3 Å². The molecule has 1 aliphatic rings. The summed E-state index contributed by atoms with van der Waals surface area (Å²) in [6.07, 6.45) is 0.125. The molecule has 1 N–H and O–H groups in total. The number of aromatic nitrogens is 2. The molecule has 2 aromatic carbocycles. The van der Waals surface area contributed by atoms with E-state index in [1.807, 2.05) is 29.2 Å². The molecular weight excluding hydrogens is 448 g/mol. The molecule has 34 heavy (non-hydrogen) atoms. The van der Waals surface area contributed by atoms with E-state index in [0.717, 1.165) is 24.4 Å². The fourth-order valence-corrected chi connectivity index (χ4v) is 4.92. The third kappa shape index (κ3) is 5.99. The smallest absolute Gasteiger partial charge is 0.251 e. The van der Waals surface area contributed by atoms with E-state index in [0.29, 0.717) is 29.7 Å². The summed E-state index contributed by atoms with van der Waals surface area (Å²) in [5, 5.41) is 0.512. The minimum absolute atomic E-state index is 0.00228. The predicted octanol–water partition coefficient (Wildman–Crippen LogP) is 3.58. The highest BCUT2D eigenvalue weighted by molar-refractivity contribution is 7.98. The fourth-order valence-electron chi connectivity index (χ4n) is 4.08. The summed E-state index contributed by atoms with van der Waals surface area (Å²) in [6, 6.07) is 15.7. The summed E-state index contributed by atoms with van der Waals surface area (Å²) in [5.74, 6) is 1.43. The Morgan fingerprint density at radius 2 is 1.88 bits per heavy atom. The van der Waals surface area contributed by atoms with Crippen LogP contribution in [0, 0.1) is 13.8 Å². The van der Waals surface area contributed by atoms with Crippen LogP contribution in [0.4, 0.5) is 5.69 Å². The van der Waals surface area contributed by atoms with Gasteiger partial charge in [0.15, 0.2) is 5.16 Å². The zero-order valence-electron chi connectivity index (χ0n) is 19.8. The summed E-state index contributed by atoms with van der Waals surface area (Å²) in [6.45, 7) is 7.12. The van der Waals surface area contributed by atoms with Crippen molar-refractivity contribution in [2.45, 2.75) is 31.2 Å². The molecule has 4 rings (SSSR count). The zero-order valence-corrected chi connectivity index (χ0v) is 20.7. The number of anilines is 1. The van der Waals surface area contributed by atoms with Crippen LogP contribution in [0.25, 0.3) is 0 Å². The van der Waals surface area contributed by atoms with E-state index in [1.54, 1.807) is 7.11 Å². The molecule has 0 aliphatic carbocycles. The summed E-state index contributed by atoms with van der Waals surface area (Å²) < 4.78 is 5.26. The molecule has 1 amide bonds. The summed E-state index contributed by atoms with van der Waals surface area (Å²) in [7, 11) is 1.63. The van der Waals surface area contributed by atoms with E-state index in [4.69, 9.17) is 4.74 Å². The molecule has 0 saturated carbocycles. The molecule has 0 radical (unpaired) electrons. The van der Waals surface area contributed by atoms with Crippen LogP contribution in [0.2, 0.25) is 0 Å². The average Bonchev–Trinajstić information content (AvgIpc) is 2.84. The van der Waals surface area contributed by atoms with Gasteiger partial charge in [0.2, 0.25) is 5.91 Å². The Morgan fingerprint density at radius 3 is 2.65 bits per heavy atom. The van der Waals surface area contributed by atoms with Crippen LogP contribution in [0.5, 0.6) is 5.75 Å². The lowest BCUT2D eigenvalue weighted by atomic mass is 10.1. The molecular formula is C26H30N4O3S. The monoisotopic (exact) mass is 478 g/mol. The van der Waals surface area contributed by atoms with Crippen molar-refractivity contribution in [1.29, 1.82) is 0 Å². The van der Waals surface area contributed by atoms with Gasteiger partial charge in [0.05, 0.1) is 19.2 Å². The van der Waals surface area contributed by atoms with Gasteiger partial charge in [-0.15, -0.1) is 0 Å². The number of hydrogen-bond acceptors (Lipinski definition) is 6. The van der Waals surface area contributed by atoms with Crippen molar-refractivity contribution in [3.63, 3.8) is 0 Å². The quantitative estimate of drug-likeness (QED) is 0.413. The van der Waals surface area contributed by atoms with Crippen LogP contribution < -0.4 is 15.2 Å². The van der Waals surface area contributed by atoms with Gasteiger partial charge in [-0.3, -0.25) is 9.59 Å². The van der Waals surface area contributed by atoms with E-state index in [9.17, 15) is 9.59 Å². The van der Waals surface area contributed by atoms with Crippen LogP contribution in [0.15, 0.2) is 58.5 Å². The fraction of sp³-hybridized carbons (Fsp3) is 0.346. The number of amides is 1. The molecule has 1 fully saturated rings. The van der Waals surface area contributed by atoms with Crippen molar-refractivity contribution in [2.75, 3.05) is 38.2 Å². The molecule has 0 atom stereocenters. The third-order valence-corrected chi connectivity index (χ3v) is 6.90. The highest BCUT2D eigenvalue weighted by atomic mass is 32.2. The second kappa shape index (κ2) is 10.8. The van der Waals surface area contributed by atoms with Crippen molar-refractivity contribution in [2.24, 2.45) is 0 Å². The first-order valence-electron chi connectivity index (χ1n) is 11.4. The Morgan fingerprint density at radius 1 is 1.09 bits per heavy atom. The number of carbonyl (C=O) groups is 1. The van der Waals surface area contributed by atoms with Crippen molar-refractivity contribution >= 4 is 23.4 Å². The minimum atomic E-state index is -0.245. The van der Waals surface area contributed by atoms with Gasteiger partial charge in [-0.05, 0) is 48.7 Å². The molecule has 178 valence electrons. The van der Waals surface area contributed by atoms with E-state index >= 15 is 0 Å². The molecule has 0 spiro atoms. The minimum Gasteiger partial charge on any atom is -0.497 e. The molecule has 1 saturated heterocycles. The molecule has 7 nitrogen and oxygen atoms in total. The Bertz CT molecular complexity index is 1220. The van der Waals surface area contributed by atoms with Gasteiger partial charge < -0.3 is 19.5 Å². The molecule has 1 aromatic heterocycles. The van der Waals surface area contributed by atoms with Gasteiger partial charge in [-0.1, -0.05) is 36.0 Å². The lowest BCUT2D eigenvalue weighted by Gasteiger charge is -2.37. The summed E-state index contributed by atoms with van der Waals surface area (Å²) in [4.78, 5) is 36.6. The first-order valence-corrected chi connectivity index (χ1v) is 12.4. The Balaban J connectivity index is 1.35. The first kappa shape index (κ1) is 23.9. The van der Waals surface area contributed by atoms with Crippen LogP contribution in [-0.4, -0.2) is 54.1 Å². The van der Waals surface area contributed by atoms with Crippen LogP contribution in [0.3, 0.4) is 0 Å². The molecule has 0 unspecified atom stereocenters. The van der Waals surface area contributed by atoms with Gasteiger partial charge in [0, 0.05) is 43.7 Å². The number of carbonyl (C=O) groups excluding carboxylic acids is 1. The first-order chi connectivity index (χ1) is 16.4. The van der Waals surface area contributed by atoms with E-state index in [2.05, 4.69) is 46.9 Å². The average molecular weight is 479 g/mol. The van der Waals surface area contributed by atoms with Crippen LogP contribution in [0.1, 0.15) is 22.4 Å². The van der Waals surface area contributed by atoms with Gasteiger partial charge in [-0.2, -0.15) is 0 Å². The predicted molar refractivity (Wildman–Crippen MR) is 136 cm³/mol. The number of H-pyrrole nitrogens is 1. The summed E-state index contributed by atoms with van der Waals surface area (Å²) >= 11 is 1.43. The molecule has 2 heterocycles. The third-order valence-electron chi connectivity index (χ3n) is 5.95. The zero-order chi connectivity index (χ0) is 24.1. The number of hydrogen-bond donors (Lipinski definition) is 1. The number of aryl methyl sites for hydroxylation is 2. The Labute approximate surface area is 204 Å². The van der Waals surface area contributed by atoms with E-state index < -0.39 is 0 Å². The van der Waals surface area contributed by atoms with Gasteiger partial charge >= 0.3 is 0 Å². The molecule has 3 aromatic rings. The van der Waals surface area contributed by atoms with Gasteiger partial charge in [-0.25, -0.2) is 4.98 Å². The van der Waals surface area contributed by atoms with Crippen molar-refractivity contribution in [3.8, 4) is 5.75 Å². The number of thioether (sulfide) groups is 1. The molecule has 0 bridgehead atoms. The van der Waals surface area contributed by atoms with Gasteiger partial charge in [0.25, 0.3) is 5.56 Å². The number of rotatable bonds is 7. The SMILES string of the molecule is COc1cccc(CSc2nc(CC(=O)N3CCN(c4cc(C)ccc4C)CC3)cc(=O)[nH]2)c1. The van der Waals surface area contributed by atoms with E-state index in [-0.39, 0.29) is 17.9 Å². The van der Waals surface area contributed by atoms with Crippen LogP contribution in [-0.2, 0) is 17.0 Å². The number of ether oxygens (including phenoxy) is 1. The number of nitrogens with zero attached hydrogens (tertiary/aromatic N) is 3. The normalized spacial score (nSPS) is 13.7. The second-order valence-corrected chi connectivity index (χ2v) is 9.48. The lowest BCUT2D eigenvalue weighted by Crippen LogP contribution is -2.49. The van der Waals surface area contributed by atoms with Gasteiger partial charge in [0.1, 0.15) is 5.75 Å². The highest BCUT2D eigenvalue weighted by Crippen LogP contribution is 2.24. The molecule has 8 heteroatoms. The lowest BCUT2D eigenvalue weighted by molar-refractivity contribution is -0.130. The van der Waals surface area contributed by atoms with Crippen molar-refractivity contribution in [1.82, 2.24) is 14.9 Å². The number of aromatic amines is 1. The second-order valence-electron chi connectivity index (χ2n) is 8.52. The highest BCUT2D eigenvalue weighted by Gasteiger charge is 2.23. The largest absolute Gasteiger partial charge is 0.497 e. The number of benzene rings is 2. The topological polar surface area (TPSA) is 78.5 Å². The van der Waals surface area contributed by atoms with E-state index in [1.165, 1.54) is 34.6 Å². The standard InChI is InChI=1S/C26H30N4O3S/c1-18-7-8-19(2)23(13-18)29-9-11-30(12-10-29)25(32)16-21-15-24(31)28-26(27-21)34-17-20-5-4-6-22(14-20)33-3/h4-8,13-15H,9-12,16-17H2,1-3H3,(H,27,28,31).